The van der Waals surface area contributed by atoms with Crippen molar-refractivity contribution in [1.29, 1.82) is 0 Å². The van der Waals surface area contributed by atoms with E-state index in [1.165, 1.54) is 12.0 Å². The van der Waals surface area contributed by atoms with Crippen LogP contribution in [0.25, 0.3) is 11.3 Å². The number of rotatable bonds is 4. The SMILES string of the molecule is C[C@H]1CCN1c1nc2c(c(-c3cccc(C(=O)N[C@H]4CC[C@H]4O)c3)n1)CCC2. The first-order valence-electron chi connectivity index (χ1n) is 10.4. The molecule has 2 heterocycles. The van der Waals surface area contributed by atoms with Gasteiger partial charge in [-0.05, 0) is 57.6 Å². The topological polar surface area (TPSA) is 78.4 Å². The summed E-state index contributed by atoms with van der Waals surface area (Å²) in [6.45, 7) is 3.21. The van der Waals surface area contributed by atoms with Crippen LogP contribution in [-0.2, 0) is 12.8 Å². The van der Waals surface area contributed by atoms with E-state index in [-0.39, 0.29) is 11.9 Å². The number of nitrogens with zero attached hydrogens (tertiary/aromatic N) is 3. The molecule has 0 spiro atoms. The zero-order chi connectivity index (χ0) is 19.3. The van der Waals surface area contributed by atoms with Crippen molar-refractivity contribution >= 4 is 11.9 Å². The summed E-state index contributed by atoms with van der Waals surface area (Å²) in [6, 6.07) is 8.04. The molecule has 2 aliphatic carbocycles. The number of aliphatic hydroxyl groups is 1. The van der Waals surface area contributed by atoms with Crippen LogP contribution in [0, 0.1) is 0 Å². The zero-order valence-corrected chi connectivity index (χ0v) is 16.2. The lowest BCUT2D eigenvalue weighted by Crippen LogP contribution is -2.50. The van der Waals surface area contributed by atoms with Crippen LogP contribution in [0.4, 0.5) is 5.95 Å². The summed E-state index contributed by atoms with van der Waals surface area (Å²) in [5, 5.41) is 12.7. The fourth-order valence-electron chi connectivity index (χ4n) is 4.31. The molecule has 3 aliphatic rings. The van der Waals surface area contributed by atoms with E-state index in [1.807, 2.05) is 24.3 Å². The summed E-state index contributed by atoms with van der Waals surface area (Å²) >= 11 is 0. The molecule has 3 atom stereocenters. The summed E-state index contributed by atoms with van der Waals surface area (Å²) in [5.74, 6) is 0.690. The van der Waals surface area contributed by atoms with Gasteiger partial charge in [0.2, 0.25) is 5.95 Å². The summed E-state index contributed by atoms with van der Waals surface area (Å²) < 4.78 is 0. The van der Waals surface area contributed by atoms with Crippen molar-refractivity contribution < 1.29 is 9.90 Å². The van der Waals surface area contributed by atoms with Crippen LogP contribution in [0.5, 0.6) is 0 Å². The van der Waals surface area contributed by atoms with Crippen LogP contribution >= 0.6 is 0 Å². The van der Waals surface area contributed by atoms with E-state index < -0.39 is 6.10 Å². The Morgan fingerprint density at radius 1 is 1.21 bits per heavy atom. The smallest absolute Gasteiger partial charge is 0.251 e. The summed E-state index contributed by atoms with van der Waals surface area (Å²) in [7, 11) is 0. The molecule has 6 nitrogen and oxygen atoms in total. The first-order valence-corrected chi connectivity index (χ1v) is 10.4. The van der Waals surface area contributed by atoms with Crippen LogP contribution in [0.2, 0.25) is 0 Å². The molecule has 0 radical (unpaired) electrons. The molecule has 1 aliphatic heterocycles. The average Bonchev–Trinajstić information content (AvgIpc) is 3.17. The van der Waals surface area contributed by atoms with Crippen molar-refractivity contribution in [3.63, 3.8) is 0 Å². The Morgan fingerprint density at radius 3 is 2.79 bits per heavy atom. The fraction of sp³-hybridized carbons (Fsp3) is 0.500. The number of nitrogens with one attached hydrogen (secondary N) is 1. The number of fused-ring (bicyclic) bond motifs is 1. The molecule has 1 aromatic heterocycles. The number of hydrogen-bond acceptors (Lipinski definition) is 5. The van der Waals surface area contributed by atoms with Gasteiger partial charge >= 0.3 is 0 Å². The lowest BCUT2D eigenvalue weighted by atomic mass is 9.89. The predicted molar refractivity (Wildman–Crippen MR) is 107 cm³/mol. The number of anilines is 1. The number of carbonyl (C=O) groups is 1. The van der Waals surface area contributed by atoms with E-state index in [0.29, 0.717) is 11.6 Å². The standard InChI is InChI=1S/C22H26N4O2/c1-13-10-11-26(13)22-24-17-7-3-6-16(17)20(25-22)14-4-2-5-15(12-14)21(28)23-18-8-9-19(18)27/h2,4-5,12-13,18-19,27H,3,6-11H2,1H3,(H,23,28)/t13-,18-,19+/m0/s1. The van der Waals surface area contributed by atoms with Gasteiger partial charge in [-0.25, -0.2) is 9.97 Å². The van der Waals surface area contributed by atoms with Gasteiger partial charge in [0.15, 0.2) is 0 Å². The van der Waals surface area contributed by atoms with Crippen molar-refractivity contribution in [3.8, 4) is 11.3 Å². The minimum absolute atomic E-state index is 0.126. The second-order valence-electron chi connectivity index (χ2n) is 8.29. The number of aromatic nitrogens is 2. The Bertz CT molecular complexity index is 929. The molecule has 1 amide bonds. The highest BCUT2D eigenvalue weighted by molar-refractivity contribution is 5.95. The summed E-state index contributed by atoms with van der Waals surface area (Å²) in [5.41, 5.74) is 4.93. The van der Waals surface area contributed by atoms with Crippen LogP contribution in [0.15, 0.2) is 24.3 Å². The molecule has 0 unspecified atom stereocenters. The van der Waals surface area contributed by atoms with E-state index in [2.05, 4.69) is 17.1 Å². The van der Waals surface area contributed by atoms with E-state index in [0.717, 1.165) is 61.5 Å². The highest BCUT2D eigenvalue weighted by atomic mass is 16.3. The third kappa shape index (κ3) is 2.96. The first-order chi connectivity index (χ1) is 13.6. The van der Waals surface area contributed by atoms with E-state index >= 15 is 0 Å². The number of benzene rings is 1. The fourth-order valence-corrected chi connectivity index (χ4v) is 4.31. The van der Waals surface area contributed by atoms with Gasteiger partial charge in [0.25, 0.3) is 5.91 Å². The van der Waals surface area contributed by atoms with Crippen LogP contribution in [0.1, 0.15) is 54.2 Å². The van der Waals surface area contributed by atoms with Gasteiger partial charge in [-0.1, -0.05) is 12.1 Å². The van der Waals surface area contributed by atoms with Gasteiger partial charge in [-0.3, -0.25) is 4.79 Å². The maximum Gasteiger partial charge on any atom is 0.251 e. The molecular weight excluding hydrogens is 352 g/mol. The number of aryl methyl sites for hydroxylation is 1. The van der Waals surface area contributed by atoms with Crippen molar-refractivity contribution in [3.05, 3.63) is 41.1 Å². The van der Waals surface area contributed by atoms with Gasteiger partial charge in [0, 0.05) is 35.0 Å². The summed E-state index contributed by atoms with van der Waals surface area (Å²) in [6.07, 6.45) is 5.46. The Hall–Kier alpha value is -2.47. The maximum absolute atomic E-state index is 12.6. The van der Waals surface area contributed by atoms with E-state index in [9.17, 15) is 9.90 Å². The average molecular weight is 378 g/mol. The van der Waals surface area contributed by atoms with E-state index in [1.54, 1.807) is 0 Å². The van der Waals surface area contributed by atoms with Crippen LogP contribution in [-0.4, -0.2) is 45.7 Å². The third-order valence-corrected chi connectivity index (χ3v) is 6.45. The predicted octanol–water partition coefficient (Wildman–Crippen LogP) is 2.48. The largest absolute Gasteiger partial charge is 0.391 e. The van der Waals surface area contributed by atoms with Gasteiger partial charge in [-0.15, -0.1) is 0 Å². The molecule has 5 rings (SSSR count). The minimum Gasteiger partial charge on any atom is -0.391 e. The van der Waals surface area contributed by atoms with Crippen molar-refractivity contribution in [2.24, 2.45) is 0 Å². The van der Waals surface area contributed by atoms with Crippen molar-refractivity contribution in [1.82, 2.24) is 15.3 Å². The molecule has 6 heteroatoms. The second kappa shape index (κ2) is 6.85. The third-order valence-electron chi connectivity index (χ3n) is 6.45. The highest BCUT2D eigenvalue weighted by Gasteiger charge is 2.31. The Balaban J connectivity index is 1.48. The molecule has 2 aromatic rings. The van der Waals surface area contributed by atoms with Gasteiger partial charge in [-0.2, -0.15) is 0 Å². The lowest BCUT2D eigenvalue weighted by molar-refractivity contribution is 0.0447. The second-order valence-corrected chi connectivity index (χ2v) is 8.29. The summed E-state index contributed by atoms with van der Waals surface area (Å²) in [4.78, 5) is 24.7. The monoisotopic (exact) mass is 378 g/mol. The number of amides is 1. The maximum atomic E-state index is 12.6. The molecule has 2 fully saturated rings. The Morgan fingerprint density at radius 2 is 2.11 bits per heavy atom. The molecule has 2 N–H and O–H groups in total. The van der Waals surface area contributed by atoms with Gasteiger partial charge < -0.3 is 15.3 Å². The van der Waals surface area contributed by atoms with Gasteiger partial charge in [0.05, 0.1) is 17.8 Å². The van der Waals surface area contributed by atoms with Crippen LogP contribution in [0.3, 0.4) is 0 Å². The number of aliphatic hydroxyl groups excluding tert-OH is 1. The number of carbonyl (C=O) groups excluding carboxylic acids is 1. The number of hydrogen-bond donors (Lipinski definition) is 2. The quantitative estimate of drug-likeness (QED) is 0.855. The highest BCUT2D eigenvalue weighted by Crippen LogP contribution is 2.34. The van der Waals surface area contributed by atoms with Gasteiger partial charge in [0.1, 0.15) is 0 Å². The normalized spacial score (nSPS) is 25.6. The van der Waals surface area contributed by atoms with Crippen molar-refractivity contribution in [2.75, 3.05) is 11.4 Å². The minimum atomic E-state index is -0.418. The Kier molecular flexibility index (Phi) is 4.31. The zero-order valence-electron chi connectivity index (χ0n) is 16.2. The molecule has 0 bridgehead atoms. The molecular formula is C22H26N4O2. The molecule has 28 heavy (non-hydrogen) atoms. The van der Waals surface area contributed by atoms with E-state index in [4.69, 9.17) is 9.97 Å². The Labute approximate surface area is 165 Å². The molecule has 1 aromatic carbocycles. The van der Waals surface area contributed by atoms with Crippen molar-refractivity contribution in [2.45, 2.75) is 63.6 Å². The van der Waals surface area contributed by atoms with Crippen LogP contribution < -0.4 is 10.2 Å². The molecule has 1 saturated heterocycles. The molecule has 146 valence electrons. The lowest BCUT2D eigenvalue weighted by Gasteiger charge is -2.39. The molecule has 1 saturated carbocycles. The first kappa shape index (κ1) is 17.6.